The molecule has 1 amide bonds. The summed E-state index contributed by atoms with van der Waals surface area (Å²) in [5, 5.41) is 4.50. The van der Waals surface area contributed by atoms with Crippen LogP contribution in [0.4, 0.5) is 4.79 Å². The Balaban J connectivity index is 2.79. The van der Waals surface area contributed by atoms with Crippen LogP contribution in [-0.2, 0) is 0 Å². The van der Waals surface area contributed by atoms with Gasteiger partial charge in [0.2, 0.25) is 0 Å². The van der Waals surface area contributed by atoms with Crippen molar-refractivity contribution in [1.82, 2.24) is 9.78 Å². The number of amides is 1. The second-order valence-electron chi connectivity index (χ2n) is 2.38. The topological polar surface area (TPSA) is 60.9 Å². The van der Waals surface area contributed by atoms with Gasteiger partial charge in [-0.05, 0) is 6.07 Å². The fourth-order valence-electron chi connectivity index (χ4n) is 1.08. The van der Waals surface area contributed by atoms with Crippen molar-refractivity contribution in [2.45, 2.75) is 0 Å². The minimum atomic E-state index is -0.590. The first-order valence-corrected chi connectivity index (χ1v) is 3.44. The molecule has 0 aliphatic rings. The molecule has 2 N–H and O–H groups in total. The lowest BCUT2D eigenvalue weighted by molar-refractivity contribution is 0.248. The molecule has 0 spiro atoms. The average molecular weight is 160 g/mol. The molecule has 0 saturated carbocycles. The molecule has 0 unspecified atom stereocenters. The summed E-state index contributed by atoms with van der Waals surface area (Å²) in [5.74, 6) is 0. The van der Waals surface area contributed by atoms with Crippen LogP contribution in [0.3, 0.4) is 0 Å². The number of fused-ring (bicyclic) bond motifs is 1. The van der Waals surface area contributed by atoms with E-state index < -0.39 is 6.03 Å². The van der Waals surface area contributed by atoms with Crippen LogP contribution in [0.1, 0.15) is 0 Å². The van der Waals surface area contributed by atoms with Crippen molar-refractivity contribution >= 4 is 16.9 Å². The van der Waals surface area contributed by atoms with Gasteiger partial charge in [0, 0.05) is 5.39 Å². The zero-order chi connectivity index (χ0) is 8.55. The van der Waals surface area contributed by atoms with Gasteiger partial charge in [-0.15, -0.1) is 0 Å². The van der Waals surface area contributed by atoms with Crippen LogP contribution in [0.25, 0.3) is 10.9 Å². The number of nitrogens with zero attached hydrogens (tertiary/aromatic N) is 2. The molecule has 12 heavy (non-hydrogen) atoms. The number of carbonyl (C=O) groups excluding carboxylic acids is 1. The monoisotopic (exact) mass is 160 g/mol. The molecule has 0 aliphatic carbocycles. The summed E-state index contributed by atoms with van der Waals surface area (Å²) in [6.45, 7) is 0. The van der Waals surface area contributed by atoms with E-state index in [0.29, 0.717) is 5.52 Å². The Labute approximate surface area is 68.6 Å². The average Bonchev–Trinajstić information content (AvgIpc) is 2.47. The standard InChI is InChI=1S/C8H6N3O/c9-8(12)11-7-4-2-1-3-6(7)5-10-11/h1-4H,(H2,9,12). The third kappa shape index (κ3) is 0.852. The number of aromatic nitrogens is 2. The molecule has 1 aromatic carbocycles. The molecule has 4 heteroatoms. The molecular weight excluding hydrogens is 154 g/mol. The van der Waals surface area contributed by atoms with E-state index in [1.807, 2.05) is 18.2 Å². The van der Waals surface area contributed by atoms with Crippen molar-refractivity contribution in [1.29, 1.82) is 0 Å². The number of nitrogens with two attached hydrogens (primary N) is 1. The van der Waals surface area contributed by atoms with Gasteiger partial charge in [0.1, 0.15) is 6.20 Å². The van der Waals surface area contributed by atoms with Crippen molar-refractivity contribution in [3.05, 3.63) is 30.5 Å². The third-order valence-corrected chi connectivity index (χ3v) is 1.61. The highest BCUT2D eigenvalue weighted by Crippen LogP contribution is 2.10. The molecule has 4 nitrogen and oxygen atoms in total. The molecule has 0 fully saturated rings. The van der Waals surface area contributed by atoms with Gasteiger partial charge in [-0.2, -0.15) is 9.78 Å². The molecule has 1 heterocycles. The summed E-state index contributed by atoms with van der Waals surface area (Å²) in [6.07, 6.45) is 2.68. The maximum Gasteiger partial charge on any atom is 0.340 e. The summed E-state index contributed by atoms with van der Waals surface area (Å²) >= 11 is 0. The molecule has 1 aromatic heterocycles. The number of hydrogen-bond acceptors (Lipinski definition) is 2. The highest BCUT2D eigenvalue weighted by Gasteiger charge is 2.04. The lowest BCUT2D eigenvalue weighted by Crippen LogP contribution is -2.20. The largest absolute Gasteiger partial charge is 0.350 e. The Morgan fingerprint density at radius 3 is 3.00 bits per heavy atom. The molecule has 0 saturated heterocycles. The maximum absolute atomic E-state index is 10.8. The van der Waals surface area contributed by atoms with Crippen LogP contribution >= 0.6 is 0 Å². The Morgan fingerprint density at radius 1 is 1.50 bits per heavy atom. The van der Waals surface area contributed by atoms with Crippen LogP contribution < -0.4 is 5.73 Å². The van der Waals surface area contributed by atoms with Crippen LogP contribution in [-0.4, -0.2) is 15.8 Å². The number of hydrogen-bond donors (Lipinski definition) is 1. The van der Waals surface area contributed by atoms with Crippen molar-refractivity contribution in [3.63, 3.8) is 0 Å². The summed E-state index contributed by atoms with van der Waals surface area (Å²) in [5.41, 5.74) is 5.75. The fourth-order valence-corrected chi connectivity index (χ4v) is 1.08. The number of para-hydroxylation sites is 1. The van der Waals surface area contributed by atoms with Gasteiger partial charge in [0.25, 0.3) is 0 Å². The van der Waals surface area contributed by atoms with Crippen molar-refractivity contribution in [2.24, 2.45) is 5.73 Å². The van der Waals surface area contributed by atoms with Crippen molar-refractivity contribution < 1.29 is 4.79 Å². The van der Waals surface area contributed by atoms with E-state index in [1.165, 1.54) is 0 Å². The van der Waals surface area contributed by atoms with E-state index in [9.17, 15) is 4.79 Å². The first-order chi connectivity index (χ1) is 5.79. The molecule has 0 atom stereocenters. The zero-order valence-electron chi connectivity index (χ0n) is 6.19. The van der Waals surface area contributed by atoms with E-state index >= 15 is 0 Å². The van der Waals surface area contributed by atoms with Gasteiger partial charge < -0.3 is 5.73 Å². The van der Waals surface area contributed by atoms with Gasteiger partial charge in [0.05, 0.1) is 5.52 Å². The summed E-state index contributed by atoms with van der Waals surface area (Å²) < 4.78 is 1.12. The molecule has 2 rings (SSSR count). The minimum absolute atomic E-state index is 0.590. The van der Waals surface area contributed by atoms with Gasteiger partial charge in [-0.1, -0.05) is 18.2 Å². The first kappa shape index (κ1) is 6.84. The minimum Gasteiger partial charge on any atom is -0.350 e. The summed E-state index contributed by atoms with van der Waals surface area (Å²) in [6, 6.07) is 6.67. The second kappa shape index (κ2) is 2.34. The highest BCUT2D eigenvalue weighted by molar-refractivity contribution is 5.88. The van der Waals surface area contributed by atoms with E-state index in [-0.39, 0.29) is 0 Å². The number of primary amides is 1. The van der Waals surface area contributed by atoms with E-state index in [4.69, 9.17) is 5.73 Å². The van der Waals surface area contributed by atoms with Gasteiger partial charge in [-0.3, -0.25) is 0 Å². The zero-order valence-corrected chi connectivity index (χ0v) is 6.19. The van der Waals surface area contributed by atoms with Gasteiger partial charge >= 0.3 is 6.03 Å². The predicted octanol–water partition coefficient (Wildman–Crippen LogP) is 0.763. The van der Waals surface area contributed by atoms with E-state index in [1.54, 1.807) is 6.07 Å². The van der Waals surface area contributed by atoms with Crippen LogP contribution in [0.2, 0.25) is 0 Å². The molecule has 0 bridgehead atoms. The molecule has 0 aliphatic heterocycles. The fraction of sp³-hybridized carbons (Fsp3) is 0. The highest BCUT2D eigenvalue weighted by atomic mass is 16.2. The van der Waals surface area contributed by atoms with Crippen LogP contribution in [0, 0.1) is 6.20 Å². The Hall–Kier alpha value is -1.84. The Kier molecular flexibility index (Phi) is 1.33. The molecular formula is C8H6N3O. The smallest absolute Gasteiger partial charge is 0.340 e. The van der Waals surface area contributed by atoms with Crippen molar-refractivity contribution in [3.8, 4) is 0 Å². The SMILES string of the molecule is NC(=O)n1n[c]c2ccccc21. The van der Waals surface area contributed by atoms with E-state index in [2.05, 4.69) is 11.3 Å². The molecule has 2 aromatic rings. The number of benzene rings is 1. The quantitative estimate of drug-likeness (QED) is 0.618. The van der Waals surface area contributed by atoms with E-state index in [0.717, 1.165) is 10.1 Å². The van der Waals surface area contributed by atoms with Crippen molar-refractivity contribution in [2.75, 3.05) is 0 Å². The summed E-state index contributed by atoms with van der Waals surface area (Å²) in [7, 11) is 0. The normalized spacial score (nSPS) is 10.3. The lowest BCUT2D eigenvalue weighted by Gasteiger charge is -1.94. The molecule has 1 radical (unpaired) electrons. The second-order valence-corrected chi connectivity index (χ2v) is 2.38. The Bertz CT molecular complexity index is 433. The number of carbonyl (C=O) groups is 1. The van der Waals surface area contributed by atoms with Crippen LogP contribution in [0.15, 0.2) is 24.3 Å². The number of rotatable bonds is 0. The lowest BCUT2D eigenvalue weighted by atomic mass is 10.3. The van der Waals surface area contributed by atoms with Gasteiger partial charge in [0.15, 0.2) is 0 Å². The van der Waals surface area contributed by atoms with Crippen LogP contribution in [0.5, 0.6) is 0 Å². The summed E-state index contributed by atoms with van der Waals surface area (Å²) in [4.78, 5) is 10.8. The predicted molar refractivity (Wildman–Crippen MR) is 43.6 cm³/mol. The van der Waals surface area contributed by atoms with Gasteiger partial charge in [-0.25, -0.2) is 4.79 Å². The third-order valence-electron chi connectivity index (χ3n) is 1.61. The first-order valence-electron chi connectivity index (χ1n) is 3.44. The Morgan fingerprint density at radius 2 is 2.25 bits per heavy atom. The molecule has 59 valence electrons. The maximum atomic E-state index is 10.8.